The minimum absolute atomic E-state index is 0.131. The van der Waals surface area contributed by atoms with E-state index in [-0.39, 0.29) is 28.8 Å². The van der Waals surface area contributed by atoms with Crippen LogP contribution in [0.25, 0.3) is 0 Å². The SMILES string of the molecule is CN1C(=O)N(CC2CCOCC2)C2(CC3(CCC(N(C=O)C(=O)/C(C(=N)N)=C(/O)N(C)CC4CCC4)CC3)C2)C1=O. The molecule has 2 spiro atoms. The number of nitrogens with zero attached hydrogens (tertiary/aromatic N) is 4. The number of hydrogen-bond acceptors (Lipinski definition) is 8. The number of amides is 5. The molecule has 226 valence electrons. The molecule has 3 aliphatic carbocycles. The number of carbonyl (C=O) groups excluding carboxylic acids is 4. The van der Waals surface area contributed by atoms with Crippen molar-refractivity contribution in [3.63, 3.8) is 0 Å². The lowest BCUT2D eigenvalue weighted by molar-refractivity contribution is -0.152. The lowest BCUT2D eigenvalue weighted by Gasteiger charge is -2.59. The molecule has 5 rings (SSSR count). The third-order valence-corrected chi connectivity index (χ3v) is 10.4. The Labute approximate surface area is 241 Å². The van der Waals surface area contributed by atoms with Gasteiger partial charge in [-0.1, -0.05) is 6.42 Å². The highest BCUT2D eigenvalue weighted by molar-refractivity contribution is 6.21. The standard InChI is InChI=1S/C29H44N6O6/c1-32(14-19-4-3-5-19)24(37)22(23(30)31)25(38)34(18-36)21-6-10-28(11-7-21)16-29(17-28)26(39)33(2)27(40)35(29)15-20-8-12-41-13-9-20/h18-21,37H,3-17H2,1-2H3,(H3,30,31)/b24-22+. The van der Waals surface area contributed by atoms with Gasteiger partial charge in [-0.3, -0.25) is 29.6 Å². The number of nitrogens with two attached hydrogens (primary N) is 1. The maximum atomic E-state index is 13.5. The Bertz CT molecular complexity index is 1110. The summed E-state index contributed by atoms with van der Waals surface area (Å²) in [5.74, 6) is -1.13. The van der Waals surface area contributed by atoms with Crippen molar-refractivity contribution in [1.29, 1.82) is 5.41 Å². The first-order chi connectivity index (χ1) is 19.5. The molecule has 0 aromatic heterocycles. The van der Waals surface area contributed by atoms with Crippen molar-refractivity contribution in [1.82, 2.24) is 19.6 Å². The molecule has 41 heavy (non-hydrogen) atoms. The Morgan fingerprint density at radius 1 is 1.12 bits per heavy atom. The van der Waals surface area contributed by atoms with Gasteiger partial charge in [-0.05, 0) is 81.5 Å². The Morgan fingerprint density at radius 2 is 1.76 bits per heavy atom. The van der Waals surface area contributed by atoms with Crippen LogP contribution in [0.15, 0.2) is 11.5 Å². The zero-order valence-electron chi connectivity index (χ0n) is 24.3. The van der Waals surface area contributed by atoms with Gasteiger partial charge in [0, 0.05) is 46.4 Å². The average Bonchev–Trinajstić information content (AvgIpc) is 3.08. The number of nitrogens with one attached hydrogen (secondary N) is 1. The van der Waals surface area contributed by atoms with Crippen molar-refractivity contribution in [3.8, 4) is 0 Å². The van der Waals surface area contributed by atoms with E-state index >= 15 is 0 Å². The number of ether oxygens (including phenoxy) is 1. The zero-order valence-corrected chi connectivity index (χ0v) is 24.3. The largest absolute Gasteiger partial charge is 0.494 e. The highest BCUT2D eigenvalue weighted by Gasteiger charge is 2.68. The number of carbonyl (C=O) groups is 4. The summed E-state index contributed by atoms with van der Waals surface area (Å²) in [5.41, 5.74) is 4.44. The maximum Gasteiger partial charge on any atom is 0.327 e. The van der Waals surface area contributed by atoms with Crippen LogP contribution in [-0.2, 0) is 19.1 Å². The second-order valence-corrected chi connectivity index (χ2v) is 13.0. The van der Waals surface area contributed by atoms with E-state index in [2.05, 4.69) is 0 Å². The molecule has 5 aliphatic rings. The fraction of sp³-hybridized carbons (Fsp3) is 0.759. The van der Waals surface area contributed by atoms with E-state index in [4.69, 9.17) is 15.9 Å². The summed E-state index contributed by atoms with van der Waals surface area (Å²) in [5, 5.41) is 18.8. The smallest absolute Gasteiger partial charge is 0.327 e. The van der Waals surface area contributed by atoms with E-state index in [0.717, 1.165) is 37.0 Å². The minimum atomic E-state index is -0.807. The van der Waals surface area contributed by atoms with Gasteiger partial charge in [-0.15, -0.1) is 0 Å². The molecule has 2 aliphatic heterocycles. The van der Waals surface area contributed by atoms with Crippen LogP contribution in [0.5, 0.6) is 0 Å². The molecule has 12 nitrogen and oxygen atoms in total. The Balaban J connectivity index is 1.25. The lowest BCUT2D eigenvalue weighted by Crippen LogP contribution is -2.65. The molecule has 2 saturated heterocycles. The van der Waals surface area contributed by atoms with Gasteiger partial charge in [0.05, 0.1) is 0 Å². The third-order valence-electron chi connectivity index (χ3n) is 10.4. The van der Waals surface area contributed by atoms with Crippen molar-refractivity contribution < 1.29 is 29.0 Å². The van der Waals surface area contributed by atoms with Crippen molar-refractivity contribution in [3.05, 3.63) is 11.5 Å². The summed E-state index contributed by atoms with van der Waals surface area (Å²) in [6.45, 7) is 2.46. The van der Waals surface area contributed by atoms with E-state index in [1.54, 1.807) is 19.0 Å². The molecule has 0 atom stereocenters. The molecule has 5 amide bonds. The van der Waals surface area contributed by atoms with E-state index in [1.807, 2.05) is 0 Å². The number of urea groups is 1. The second kappa shape index (κ2) is 11.3. The molecular formula is C29H44N6O6. The van der Waals surface area contributed by atoms with Gasteiger partial charge in [-0.2, -0.15) is 0 Å². The van der Waals surface area contributed by atoms with Crippen LogP contribution in [0.4, 0.5) is 4.79 Å². The molecule has 2 heterocycles. The van der Waals surface area contributed by atoms with Crippen LogP contribution < -0.4 is 5.73 Å². The summed E-state index contributed by atoms with van der Waals surface area (Å²) in [6.07, 6.45) is 9.15. The summed E-state index contributed by atoms with van der Waals surface area (Å²) < 4.78 is 5.47. The van der Waals surface area contributed by atoms with Gasteiger partial charge in [0.1, 0.15) is 16.9 Å². The van der Waals surface area contributed by atoms with Crippen molar-refractivity contribution >= 4 is 30.1 Å². The van der Waals surface area contributed by atoms with Crippen LogP contribution >= 0.6 is 0 Å². The van der Waals surface area contributed by atoms with E-state index < -0.39 is 23.3 Å². The predicted molar refractivity (Wildman–Crippen MR) is 150 cm³/mol. The first kappa shape index (κ1) is 29.3. The fourth-order valence-electron chi connectivity index (χ4n) is 7.80. The predicted octanol–water partition coefficient (Wildman–Crippen LogP) is 2.19. The average molecular weight is 573 g/mol. The van der Waals surface area contributed by atoms with Gasteiger partial charge in [0.25, 0.3) is 11.8 Å². The van der Waals surface area contributed by atoms with Crippen LogP contribution in [-0.4, -0.2) is 107 Å². The summed E-state index contributed by atoms with van der Waals surface area (Å²) in [6, 6.07) is -0.628. The molecule has 0 aromatic carbocycles. The number of likely N-dealkylation sites (N-methyl/N-ethyl adjacent to an activating group) is 1. The van der Waals surface area contributed by atoms with Crippen LogP contribution in [0.3, 0.4) is 0 Å². The summed E-state index contributed by atoms with van der Waals surface area (Å²) in [4.78, 5) is 57.7. The molecule has 4 N–H and O–H groups in total. The minimum Gasteiger partial charge on any atom is -0.494 e. The summed E-state index contributed by atoms with van der Waals surface area (Å²) >= 11 is 0. The van der Waals surface area contributed by atoms with Crippen LogP contribution in [0, 0.1) is 22.7 Å². The van der Waals surface area contributed by atoms with E-state index in [0.29, 0.717) is 83.1 Å². The second-order valence-electron chi connectivity index (χ2n) is 13.0. The lowest BCUT2D eigenvalue weighted by atomic mass is 9.51. The van der Waals surface area contributed by atoms with E-state index in [9.17, 15) is 24.3 Å². The normalized spacial score (nSPS) is 31.1. The molecular weight excluding hydrogens is 528 g/mol. The molecule has 0 radical (unpaired) electrons. The molecule has 0 aromatic rings. The monoisotopic (exact) mass is 572 g/mol. The van der Waals surface area contributed by atoms with Gasteiger partial charge in [-0.25, -0.2) is 4.79 Å². The number of rotatable bonds is 9. The van der Waals surface area contributed by atoms with Gasteiger partial charge >= 0.3 is 6.03 Å². The highest BCUT2D eigenvalue weighted by Crippen LogP contribution is 2.61. The maximum absolute atomic E-state index is 13.5. The zero-order chi connectivity index (χ0) is 29.5. The van der Waals surface area contributed by atoms with Crippen molar-refractivity contribution in [2.45, 2.75) is 82.2 Å². The van der Waals surface area contributed by atoms with Gasteiger partial charge in [0.2, 0.25) is 12.3 Å². The summed E-state index contributed by atoms with van der Waals surface area (Å²) in [7, 11) is 3.22. The number of amidine groups is 1. The number of aliphatic hydroxyl groups excluding tert-OH is 1. The third kappa shape index (κ3) is 5.19. The van der Waals surface area contributed by atoms with Gasteiger partial charge < -0.3 is 25.4 Å². The van der Waals surface area contributed by atoms with E-state index in [1.165, 1.54) is 9.80 Å². The molecule has 0 bridgehead atoms. The Morgan fingerprint density at radius 3 is 2.29 bits per heavy atom. The fourth-order valence-corrected chi connectivity index (χ4v) is 7.80. The van der Waals surface area contributed by atoms with Crippen LogP contribution in [0.1, 0.15) is 70.6 Å². The van der Waals surface area contributed by atoms with Crippen LogP contribution in [0.2, 0.25) is 0 Å². The molecule has 0 unspecified atom stereocenters. The Hall–Kier alpha value is -3.15. The topological polar surface area (TPSA) is 161 Å². The first-order valence-electron chi connectivity index (χ1n) is 15.0. The quantitative estimate of drug-likeness (QED) is 0.0946. The Kier molecular flexibility index (Phi) is 8.06. The van der Waals surface area contributed by atoms with Crippen molar-refractivity contribution in [2.75, 3.05) is 40.4 Å². The first-order valence-corrected chi connectivity index (χ1v) is 15.0. The number of imide groups is 2. The molecule has 12 heteroatoms. The number of hydrogen-bond donors (Lipinski definition) is 3. The number of aliphatic hydroxyl groups is 1. The molecule has 5 fully saturated rings. The highest BCUT2D eigenvalue weighted by atomic mass is 16.5. The van der Waals surface area contributed by atoms with Gasteiger partial charge in [0.15, 0.2) is 0 Å². The molecule has 3 saturated carbocycles. The van der Waals surface area contributed by atoms with Crippen molar-refractivity contribution in [2.24, 2.45) is 23.0 Å².